The standard InChI is InChI=1S/C13H20N4O/c1-10-5-6-13(18)17(8-7-10)9-11-3-2-4-12(15-11)16-14/h2-4,10H,5-9,14H2,1H3,(H,15,16). The summed E-state index contributed by atoms with van der Waals surface area (Å²) < 4.78 is 0. The Labute approximate surface area is 107 Å². The molecule has 5 heteroatoms. The first kappa shape index (κ1) is 12.8. The van der Waals surface area contributed by atoms with Crippen molar-refractivity contribution in [2.24, 2.45) is 11.8 Å². The number of nitrogen functional groups attached to an aromatic ring is 1. The minimum Gasteiger partial charge on any atom is -0.337 e. The molecule has 1 aromatic heterocycles. The number of nitrogens with two attached hydrogens (primary N) is 1. The molecule has 1 atom stereocenters. The Kier molecular flexibility index (Phi) is 4.15. The zero-order valence-electron chi connectivity index (χ0n) is 10.7. The van der Waals surface area contributed by atoms with E-state index in [0.29, 0.717) is 24.7 Å². The third kappa shape index (κ3) is 3.20. The maximum atomic E-state index is 12.0. The Morgan fingerprint density at radius 2 is 2.33 bits per heavy atom. The monoisotopic (exact) mass is 248 g/mol. The third-order valence-electron chi connectivity index (χ3n) is 3.40. The number of carbonyl (C=O) groups excluding carboxylic acids is 1. The average Bonchev–Trinajstić information content (AvgIpc) is 2.54. The first-order valence-corrected chi connectivity index (χ1v) is 6.39. The SMILES string of the molecule is CC1CCC(=O)N(Cc2cccc(NN)n2)CC1. The fraction of sp³-hybridized carbons (Fsp3) is 0.538. The maximum absolute atomic E-state index is 12.0. The van der Waals surface area contributed by atoms with Gasteiger partial charge in [0, 0.05) is 13.0 Å². The predicted octanol–water partition coefficient (Wildman–Crippen LogP) is 1.52. The second kappa shape index (κ2) is 5.82. The van der Waals surface area contributed by atoms with Crippen LogP contribution in [-0.2, 0) is 11.3 Å². The summed E-state index contributed by atoms with van der Waals surface area (Å²) in [5.74, 6) is 6.81. The van der Waals surface area contributed by atoms with Gasteiger partial charge in [0.2, 0.25) is 5.91 Å². The second-order valence-electron chi connectivity index (χ2n) is 4.91. The van der Waals surface area contributed by atoms with E-state index in [1.54, 1.807) is 6.07 Å². The normalized spacial score (nSPS) is 20.7. The number of amides is 1. The van der Waals surface area contributed by atoms with Gasteiger partial charge in [0.05, 0.1) is 12.2 Å². The van der Waals surface area contributed by atoms with E-state index in [2.05, 4.69) is 17.3 Å². The lowest BCUT2D eigenvalue weighted by atomic mass is 10.0. The van der Waals surface area contributed by atoms with Gasteiger partial charge in [-0.05, 0) is 30.9 Å². The van der Waals surface area contributed by atoms with Crippen molar-refractivity contribution in [3.8, 4) is 0 Å². The summed E-state index contributed by atoms with van der Waals surface area (Å²) >= 11 is 0. The number of rotatable bonds is 3. The van der Waals surface area contributed by atoms with Gasteiger partial charge in [-0.1, -0.05) is 13.0 Å². The molecule has 1 unspecified atom stereocenters. The fourth-order valence-electron chi connectivity index (χ4n) is 2.18. The Bertz CT molecular complexity index is 421. The molecule has 0 bridgehead atoms. The van der Waals surface area contributed by atoms with Crippen LogP contribution in [0.2, 0.25) is 0 Å². The first-order chi connectivity index (χ1) is 8.69. The van der Waals surface area contributed by atoms with Crippen LogP contribution in [0.25, 0.3) is 0 Å². The summed E-state index contributed by atoms with van der Waals surface area (Å²) in [5, 5.41) is 0. The summed E-state index contributed by atoms with van der Waals surface area (Å²) in [6, 6.07) is 5.61. The lowest BCUT2D eigenvalue weighted by Gasteiger charge is -2.20. The molecule has 1 aromatic rings. The average molecular weight is 248 g/mol. The van der Waals surface area contributed by atoms with Gasteiger partial charge in [0.1, 0.15) is 5.82 Å². The number of hydrogen-bond donors (Lipinski definition) is 2. The molecule has 1 aliphatic heterocycles. The summed E-state index contributed by atoms with van der Waals surface area (Å²) in [4.78, 5) is 18.2. The molecule has 0 saturated carbocycles. The Morgan fingerprint density at radius 3 is 3.11 bits per heavy atom. The van der Waals surface area contributed by atoms with E-state index in [1.807, 2.05) is 17.0 Å². The highest BCUT2D eigenvalue weighted by molar-refractivity contribution is 5.76. The van der Waals surface area contributed by atoms with Crippen LogP contribution >= 0.6 is 0 Å². The van der Waals surface area contributed by atoms with Gasteiger partial charge < -0.3 is 10.3 Å². The van der Waals surface area contributed by atoms with Crippen LogP contribution in [0.15, 0.2) is 18.2 Å². The van der Waals surface area contributed by atoms with Gasteiger partial charge in [-0.2, -0.15) is 0 Å². The Morgan fingerprint density at radius 1 is 1.50 bits per heavy atom. The van der Waals surface area contributed by atoms with Crippen molar-refractivity contribution < 1.29 is 4.79 Å². The molecular formula is C13H20N4O. The van der Waals surface area contributed by atoms with Crippen molar-refractivity contribution in [2.45, 2.75) is 32.7 Å². The number of nitrogens with zero attached hydrogens (tertiary/aromatic N) is 2. The Balaban J connectivity index is 2.04. The van der Waals surface area contributed by atoms with E-state index in [4.69, 9.17) is 5.84 Å². The van der Waals surface area contributed by atoms with E-state index in [9.17, 15) is 4.79 Å². The molecule has 2 rings (SSSR count). The molecule has 5 nitrogen and oxygen atoms in total. The van der Waals surface area contributed by atoms with Crippen LogP contribution in [0.5, 0.6) is 0 Å². The molecule has 1 fully saturated rings. The predicted molar refractivity (Wildman–Crippen MR) is 70.5 cm³/mol. The van der Waals surface area contributed by atoms with E-state index in [1.165, 1.54) is 0 Å². The zero-order valence-corrected chi connectivity index (χ0v) is 10.7. The van der Waals surface area contributed by atoms with Crippen molar-refractivity contribution >= 4 is 11.7 Å². The van der Waals surface area contributed by atoms with Crippen molar-refractivity contribution in [3.63, 3.8) is 0 Å². The van der Waals surface area contributed by atoms with Crippen LogP contribution < -0.4 is 11.3 Å². The van der Waals surface area contributed by atoms with Crippen molar-refractivity contribution in [1.29, 1.82) is 0 Å². The smallest absolute Gasteiger partial charge is 0.222 e. The maximum Gasteiger partial charge on any atom is 0.222 e. The highest BCUT2D eigenvalue weighted by atomic mass is 16.2. The second-order valence-corrected chi connectivity index (χ2v) is 4.91. The van der Waals surface area contributed by atoms with E-state index in [-0.39, 0.29) is 5.91 Å². The lowest BCUT2D eigenvalue weighted by molar-refractivity contribution is -0.131. The van der Waals surface area contributed by atoms with Crippen LogP contribution in [0.4, 0.5) is 5.82 Å². The molecular weight excluding hydrogens is 228 g/mol. The summed E-state index contributed by atoms with van der Waals surface area (Å²) in [6.07, 6.45) is 2.71. The summed E-state index contributed by atoms with van der Waals surface area (Å²) in [6.45, 7) is 3.59. The first-order valence-electron chi connectivity index (χ1n) is 6.39. The van der Waals surface area contributed by atoms with E-state index >= 15 is 0 Å². The van der Waals surface area contributed by atoms with Crippen LogP contribution in [0.1, 0.15) is 31.9 Å². The summed E-state index contributed by atoms with van der Waals surface area (Å²) in [7, 11) is 0. The van der Waals surface area contributed by atoms with Crippen LogP contribution in [0, 0.1) is 5.92 Å². The van der Waals surface area contributed by atoms with Gasteiger partial charge in [-0.3, -0.25) is 4.79 Å². The Hall–Kier alpha value is -1.62. The highest BCUT2D eigenvalue weighted by Gasteiger charge is 2.20. The van der Waals surface area contributed by atoms with Crippen molar-refractivity contribution in [3.05, 3.63) is 23.9 Å². The topological polar surface area (TPSA) is 71.2 Å². The molecule has 1 saturated heterocycles. The molecule has 0 aliphatic carbocycles. The molecule has 0 radical (unpaired) electrons. The number of aromatic nitrogens is 1. The quantitative estimate of drug-likeness (QED) is 0.628. The van der Waals surface area contributed by atoms with Crippen molar-refractivity contribution in [1.82, 2.24) is 9.88 Å². The largest absolute Gasteiger partial charge is 0.337 e. The van der Waals surface area contributed by atoms with Crippen LogP contribution in [0.3, 0.4) is 0 Å². The van der Waals surface area contributed by atoms with Gasteiger partial charge in [0.15, 0.2) is 0 Å². The molecule has 3 N–H and O–H groups in total. The molecule has 2 heterocycles. The number of carbonyl (C=O) groups is 1. The minimum absolute atomic E-state index is 0.229. The number of hydrogen-bond acceptors (Lipinski definition) is 4. The highest BCUT2D eigenvalue weighted by Crippen LogP contribution is 2.19. The third-order valence-corrected chi connectivity index (χ3v) is 3.40. The number of pyridine rings is 1. The number of hydrazine groups is 1. The fourth-order valence-corrected chi connectivity index (χ4v) is 2.18. The van der Waals surface area contributed by atoms with E-state index < -0.39 is 0 Å². The summed E-state index contributed by atoms with van der Waals surface area (Å²) in [5.41, 5.74) is 3.39. The number of nitrogens with one attached hydrogen (secondary N) is 1. The lowest BCUT2D eigenvalue weighted by Crippen LogP contribution is -2.30. The zero-order chi connectivity index (χ0) is 13.0. The van der Waals surface area contributed by atoms with Crippen molar-refractivity contribution in [2.75, 3.05) is 12.0 Å². The minimum atomic E-state index is 0.229. The van der Waals surface area contributed by atoms with Gasteiger partial charge in [0.25, 0.3) is 0 Å². The molecule has 1 aliphatic rings. The van der Waals surface area contributed by atoms with E-state index in [0.717, 1.165) is 25.1 Å². The molecule has 0 aromatic carbocycles. The molecule has 0 spiro atoms. The van der Waals surface area contributed by atoms with Gasteiger partial charge >= 0.3 is 0 Å². The van der Waals surface area contributed by atoms with Crippen LogP contribution in [-0.4, -0.2) is 22.3 Å². The number of likely N-dealkylation sites (tertiary alicyclic amines) is 1. The van der Waals surface area contributed by atoms with Gasteiger partial charge in [-0.25, -0.2) is 10.8 Å². The number of anilines is 1. The molecule has 1 amide bonds. The molecule has 18 heavy (non-hydrogen) atoms. The van der Waals surface area contributed by atoms with Gasteiger partial charge in [-0.15, -0.1) is 0 Å². The molecule has 98 valence electrons.